The van der Waals surface area contributed by atoms with E-state index >= 15 is 0 Å². The van der Waals surface area contributed by atoms with Gasteiger partial charge in [0.1, 0.15) is 0 Å². The molecule has 0 saturated heterocycles. The molecule has 1 aliphatic rings. The van der Waals surface area contributed by atoms with E-state index in [9.17, 15) is 0 Å². The Morgan fingerprint density at radius 3 is 2.55 bits per heavy atom. The number of halogens is 1. The van der Waals surface area contributed by atoms with Crippen molar-refractivity contribution in [1.82, 2.24) is 14.6 Å². The number of hydrogen-bond donors (Lipinski definition) is 0. The zero-order valence-corrected chi connectivity index (χ0v) is 13.2. The molecule has 0 N–H and O–H groups in total. The van der Waals surface area contributed by atoms with E-state index in [-0.39, 0.29) is 0 Å². The van der Waals surface area contributed by atoms with Gasteiger partial charge in [-0.1, -0.05) is 36.6 Å². The van der Waals surface area contributed by atoms with Crippen molar-refractivity contribution in [2.45, 2.75) is 38.5 Å². The highest BCUT2D eigenvalue weighted by molar-refractivity contribution is 6.30. The van der Waals surface area contributed by atoms with E-state index in [4.69, 9.17) is 16.7 Å². The molecule has 3 nitrogen and oxygen atoms in total. The van der Waals surface area contributed by atoms with E-state index in [1.165, 1.54) is 36.9 Å². The number of rotatable bonds is 1. The summed E-state index contributed by atoms with van der Waals surface area (Å²) >= 11 is 5.97. The second kappa shape index (κ2) is 5.73. The summed E-state index contributed by atoms with van der Waals surface area (Å²) in [7, 11) is 0. The number of benzene rings is 1. The van der Waals surface area contributed by atoms with E-state index in [2.05, 4.69) is 11.1 Å². The number of hydrogen-bond acceptors (Lipinski definition) is 2. The number of aryl methyl sites for hydroxylation is 2. The van der Waals surface area contributed by atoms with Crippen LogP contribution in [0.15, 0.2) is 36.5 Å². The molecule has 4 rings (SSSR count). The molecule has 0 spiro atoms. The Bertz CT molecular complexity index is 805. The van der Waals surface area contributed by atoms with Gasteiger partial charge in [0.2, 0.25) is 0 Å². The lowest BCUT2D eigenvalue weighted by Crippen LogP contribution is -2.08. The molecule has 0 atom stereocenters. The molecular weight excluding hydrogens is 294 g/mol. The van der Waals surface area contributed by atoms with Crippen molar-refractivity contribution in [2.24, 2.45) is 0 Å². The van der Waals surface area contributed by atoms with Crippen LogP contribution in [-0.2, 0) is 12.8 Å². The van der Waals surface area contributed by atoms with Crippen LogP contribution in [0.25, 0.3) is 16.9 Å². The number of fused-ring (bicyclic) bond motifs is 3. The van der Waals surface area contributed by atoms with Crippen LogP contribution in [0, 0.1) is 0 Å². The second-order valence-corrected chi connectivity index (χ2v) is 6.39. The fourth-order valence-corrected chi connectivity index (χ4v) is 3.34. The first-order valence-corrected chi connectivity index (χ1v) is 8.31. The monoisotopic (exact) mass is 311 g/mol. The Morgan fingerprint density at radius 2 is 1.73 bits per heavy atom. The van der Waals surface area contributed by atoms with Crippen LogP contribution >= 0.6 is 11.6 Å². The summed E-state index contributed by atoms with van der Waals surface area (Å²) in [6, 6.07) is 9.88. The minimum atomic E-state index is 0.746. The molecule has 0 amide bonds. The highest BCUT2D eigenvalue weighted by atomic mass is 35.5. The topological polar surface area (TPSA) is 30.2 Å². The molecule has 1 aromatic carbocycles. The van der Waals surface area contributed by atoms with Crippen molar-refractivity contribution in [3.05, 3.63) is 52.8 Å². The summed E-state index contributed by atoms with van der Waals surface area (Å²) in [5, 5.41) is 5.56. The van der Waals surface area contributed by atoms with Gasteiger partial charge in [-0.3, -0.25) is 0 Å². The number of nitrogens with zero attached hydrogens (tertiary/aromatic N) is 3. The van der Waals surface area contributed by atoms with Gasteiger partial charge in [0.15, 0.2) is 5.65 Å². The predicted molar refractivity (Wildman–Crippen MR) is 89.3 cm³/mol. The van der Waals surface area contributed by atoms with Gasteiger partial charge >= 0.3 is 0 Å². The summed E-state index contributed by atoms with van der Waals surface area (Å²) in [6.45, 7) is 0. The first kappa shape index (κ1) is 13.8. The molecule has 1 aliphatic carbocycles. The smallest absolute Gasteiger partial charge is 0.155 e. The Hall–Kier alpha value is -1.87. The molecule has 22 heavy (non-hydrogen) atoms. The Kier molecular flexibility index (Phi) is 3.59. The maximum absolute atomic E-state index is 5.97. The molecule has 0 aliphatic heterocycles. The minimum absolute atomic E-state index is 0.746. The molecule has 0 saturated carbocycles. The van der Waals surface area contributed by atoms with Crippen molar-refractivity contribution in [1.29, 1.82) is 0 Å². The molecular formula is C18H18ClN3. The lowest BCUT2D eigenvalue weighted by molar-refractivity contribution is 0.596. The van der Waals surface area contributed by atoms with E-state index in [0.29, 0.717) is 0 Å². The molecule has 0 unspecified atom stereocenters. The Morgan fingerprint density at radius 1 is 0.955 bits per heavy atom. The standard InChI is InChI=1S/C18H18ClN3/c19-15-9-7-13(8-10-15)16-11-18-20-12-14-5-3-1-2-4-6-17(14)22(18)21-16/h7-12H,1-6H2. The summed E-state index contributed by atoms with van der Waals surface area (Å²) in [5.74, 6) is 0. The molecule has 0 fully saturated rings. The largest absolute Gasteiger partial charge is 0.237 e. The van der Waals surface area contributed by atoms with Crippen LogP contribution in [0.1, 0.15) is 36.9 Å². The SMILES string of the molecule is Clc1ccc(-c2cc3ncc4c(n3n2)CCCCCC4)cc1. The summed E-state index contributed by atoms with van der Waals surface area (Å²) in [6.07, 6.45) is 9.39. The Balaban J connectivity index is 1.83. The van der Waals surface area contributed by atoms with Crippen molar-refractivity contribution < 1.29 is 0 Å². The van der Waals surface area contributed by atoms with Crippen molar-refractivity contribution >= 4 is 17.2 Å². The highest BCUT2D eigenvalue weighted by Crippen LogP contribution is 2.25. The van der Waals surface area contributed by atoms with Gasteiger partial charge in [-0.05, 0) is 43.4 Å². The van der Waals surface area contributed by atoms with Crippen LogP contribution in [-0.4, -0.2) is 14.6 Å². The quantitative estimate of drug-likeness (QED) is 0.651. The molecule has 0 radical (unpaired) electrons. The van der Waals surface area contributed by atoms with Crippen LogP contribution in [0.5, 0.6) is 0 Å². The van der Waals surface area contributed by atoms with Gasteiger partial charge in [-0.25, -0.2) is 9.50 Å². The van der Waals surface area contributed by atoms with Crippen LogP contribution in [0.3, 0.4) is 0 Å². The third-order valence-corrected chi connectivity index (χ3v) is 4.67. The van der Waals surface area contributed by atoms with Crippen molar-refractivity contribution in [3.63, 3.8) is 0 Å². The van der Waals surface area contributed by atoms with Gasteiger partial charge < -0.3 is 0 Å². The van der Waals surface area contributed by atoms with Gasteiger partial charge in [-0.2, -0.15) is 5.10 Å². The lowest BCUT2D eigenvalue weighted by atomic mass is 9.98. The minimum Gasteiger partial charge on any atom is -0.237 e. The van der Waals surface area contributed by atoms with Crippen LogP contribution < -0.4 is 0 Å². The molecule has 2 aromatic heterocycles. The summed E-state index contributed by atoms with van der Waals surface area (Å²) in [4.78, 5) is 4.60. The normalized spacial score (nSPS) is 15.3. The molecule has 0 bridgehead atoms. The average Bonchev–Trinajstić information content (AvgIpc) is 2.92. The van der Waals surface area contributed by atoms with Gasteiger partial charge in [0.25, 0.3) is 0 Å². The highest BCUT2D eigenvalue weighted by Gasteiger charge is 2.14. The first-order chi connectivity index (χ1) is 10.8. The molecule has 112 valence electrons. The summed E-state index contributed by atoms with van der Waals surface area (Å²) < 4.78 is 2.05. The fourth-order valence-electron chi connectivity index (χ4n) is 3.21. The maximum atomic E-state index is 5.97. The third kappa shape index (κ3) is 2.50. The van der Waals surface area contributed by atoms with Crippen molar-refractivity contribution in [2.75, 3.05) is 0 Å². The third-order valence-electron chi connectivity index (χ3n) is 4.42. The van der Waals surface area contributed by atoms with Crippen LogP contribution in [0.4, 0.5) is 0 Å². The van der Waals surface area contributed by atoms with E-state index in [1.807, 2.05) is 35.0 Å². The second-order valence-electron chi connectivity index (χ2n) is 5.95. The zero-order chi connectivity index (χ0) is 14.9. The average molecular weight is 312 g/mol. The number of aromatic nitrogens is 3. The predicted octanol–water partition coefficient (Wildman–Crippen LogP) is 4.71. The van der Waals surface area contributed by atoms with E-state index < -0.39 is 0 Å². The fraction of sp³-hybridized carbons (Fsp3) is 0.333. The van der Waals surface area contributed by atoms with E-state index in [1.54, 1.807) is 0 Å². The van der Waals surface area contributed by atoms with Gasteiger partial charge in [0, 0.05) is 28.5 Å². The summed E-state index contributed by atoms with van der Waals surface area (Å²) in [5.41, 5.74) is 5.67. The molecule has 2 heterocycles. The first-order valence-electron chi connectivity index (χ1n) is 7.94. The Labute approximate surface area is 135 Å². The van der Waals surface area contributed by atoms with Gasteiger partial charge in [0.05, 0.1) is 5.69 Å². The zero-order valence-electron chi connectivity index (χ0n) is 12.4. The molecule has 3 aromatic rings. The lowest BCUT2D eigenvalue weighted by Gasteiger charge is -2.14. The van der Waals surface area contributed by atoms with Crippen LogP contribution in [0.2, 0.25) is 5.02 Å². The maximum Gasteiger partial charge on any atom is 0.155 e. The van der Waals surface area contributed by atoms with Gasteiger partial charge in [-0.15, -0.1) is 0 Å². The van der Waals surface area contributed by atoms with E-state index in [0.717, 1.165) is 34.8 Å². The van der Waals surface area contributed by atoms with Crippen molar-refractivity contribution in [3.8, 4) is 11.3 Å². The molecule has 4 heteroatoms.